The number of amides is 1. The minimum absolute atomic E-state index is 0.116. The summed E-state index contributed by atoms with van der Waals surface area (Å²) >= 11 is 5.86. The summed E-state index contributed by atoms with van der Waals surface area (Å²) in [5.74, 6) is -1.21. The van der Waals surface area contributed by atoms with E-state index in [4.69, 9.17) is 21.4 Å². The van der Waals surface area contributed by atoms with Crippen LogP contribution >= 0.6 is 11.6 Å². The van der Waals surface area contributed by atoms with E-state index >= 15 is 0 Å². The predicted octanol–water partition coefficient (Wildman–Crippen LogP) is 2.33. The second-order valence-corrected chi connectivity index (χ2v) is 5.24. The van der Waals surface area contributed by atoms with Crippen LogP contribution in [0.25, 0.3) is 0 Å². The third-order valence-electron chi connectivity index (χ3n) is 2.65. The average molecular weight is 300 g/mol. The molecule has 1 rings (SSSR count). The number of hydrogen-bond donors (Lipinski definition) is 2. The van der Waals surface area contributed by atoms with E-state index in [0.717, 1.165) is 0 Å². The molecule has 2 atom stereocenters. The summed E-state index contributed by atoms with van der Waals surface area (Å²) in [6, 6.07) is 5.74. The van der Waals surface area contributed by atoms with Gasteiger partial charge in [0.25, 0.3) is 5.91 Å². The maximum Gasteiger partial charge on any atom is 0.325 e. The number of nitrogens with one attached hydrogen (secondary N) is 1. The van der Waals surface area contributed by atoms with Crippen LogP contribution in [0, 0.1) is 5.92 Å². The van der Waals surface area contributed by atoms with Gasteiger partial charge in [-0.2, -0.15) is 0 Å². The van der Waals surface area contributed by atoms with E-state index in [2.05, 4.69) is 5.32 Å². The van der Waals surface area contributed by atoms with Crippen molar-refractivity contribution in [3.63, 3.8) is 0 Å². The molecule has 110 valence electrons. The number of carbonyl (C=O) groups excluding carboxylic acids is 1. The maximum absolute atomic E-state index is 12.1. The van der Waals surface area contributed by atoms with Gasteiger partial charge in [-0.05, 0) is 31.0 Å². The van der Waals surface area contributed by atoms with Crippen LogP contribution in [0.4, 0.5) is 0 Å². The van der Waals surface area contributed by atoms with Crippen LogP contribution in [0.2, 0.25) is 5.02 Å². The molecule has 6 heteroatoms. The Kier molecular flexibility index (Phi) is 5.82. The van der Waals surface area contributed by atoms with Gasteiger partial charge >= 0.3 is 5.97 Å². The number of carboxylic acid groups (broad SMARTS) is 1. The van der Waals surface area contributed by atoms with Crippen LogP contribution in [-0.4, -0.2) is 29.1 Å². The van der Waals surface area contributed by atoms with Gasteiger partial charge in [0.05, 0.1) is 0 Å². The lowest BCUT2D eigenvalue weighted by Crippen LogP contribution is -2.47. The number of aliphatic carboxylic acids is 1. The van der Waals surface area contributed by atoms with Gasteiger partial charge in [-0.3, -0.25) is 9.59 Å². The number of carboxylic acids is 1. The van der Waals surface area contributed by atoms with Gasteiger partial charge in [-0.1, -0.05) is 31.5 Å². The molecule has 0 saturated heterocycles. The highest BCUT2D eigenvalue weighted by atomic mass is 35.5. The summed E-state index contributed by atoms with van der Waals surface area (Å²) in [6.45, 7) is 5.04. The lowest BCUT2D eigenvalue weighted by atomic mass is 10.1. The van der Waals surface area contributed by atoms with Gasteiger partial charge in [-0.15, -0.1) is 0 Å². The van der Waals surface area contributed by atoms with E-state index in [1.54, 1.807) is 24.3 Å². The Balaban J connectivity index is 2.79. The second kappa shape index (κ2) is 7.14. The van der Waals surface area contributed by atoms with E-state index in [9.17, 15) is 9.59 Å². The van der Waals surface area contributed by atoms with Crippen LogP contribution in [0.15, 0.2) is 24.3 Å². The summed E-state index contributed by atoms with van der Waals surface area (Å²) in [7, 11) is 0. The van der Waals surface area contributed by atoms with Gasteiger partial charge in [0.15, 0.2) is 6.10 Å². The molecular formula is C14H18ClNO4. The summed E-state index contributed by atoms with van der Waals surface area (Å²) in [6.07, 6.45) is -0.782. The lowest BCUT2D eigenvalue weighted by Gasteiger charge is -2.23. The van der Waals surface area contributed by atoms with Crippen molar-refractivity contribution >= 4 is 23.5 Å². The molecular weight excluding hydrogens is 282 g/mol. The van der Waals surface area contributed by atoms with Gasteiger partial charge < -0.3 is 15.2 Å². The molecule has 0 saturated carbocycles. The molecule has 1 aromatic rings. The molecule has 0 spiro atoms. The first kappa shape index (κ1) is 16.3. The highest BCUT2D eigenvalue weighted by Gasteiger charge is 2.27. The Bertz CT molecular complexity index is 490. The third kappa shape index (κ3) is 4.74. The first-order valence-electron chi connectivity index (χ1n) is 6.26. The molecule has 0 bridgehead atoms. The molecule has 0 aliphatic carbocycles. The molecule has 5 nitrogen and oxygen atoms in total. The molecule has 0 aliphatic heterocycles. The standard InChI is InChI=1S/C14H18ClNO4/c1-8(2)12(13(17)16-9(3)14(18)19)20-11-6-4-5-10(15)7-11/h4-9,12H,1-3H3,(H,16,17)(H,18,19)/t9-,12?/m1/s1. The van der Waals surface area contributed by atoms with Crippen molar-refractivity contribution < 1.29 is 19.4 Å². The minimum atomic E-state index is -1.09. The molecule has 20 heavy (non-hydrogen) atoms. The number of carbonyl (C=O) groups is 2. The van der Waals surface area contributed by atoms with E-state index in [-0.39, 0.29) is 5.92 Å². The molecule has 0 fully saturated rings. The Morgan fingerprint density at radius 1 is 1.30 bits per heavy atom. The predicted molar refractivity (Wildman–Crippen MR) is 75.9 cm³/mol. The third-order valence-corrected chi connectivity index (χ3v) is 2.89. The van der Waals surface area contributed by atoms with Crippen molar-refractivity contribution in [2.45, 2.75) is 32.9 Å². The lowest BCUT2D eigenvalue weighted by molar-refractivity contribution is -0.143. The van der Waals surface area contributed by atoms with Crippen molar-refractivity contribution in [3.05, 3.63) is 29.3 Å². The van der Waals surface area contributed by atoms with Crippen molar-refractivity contribution in [1.29, 1.82) is 0 Å². The second-order valence-electron chi connectivity index (χ2n) is 4.81. The normalized spacial score (nSPS) is 13.7. The number of rotatable bonds is 6. The van der Waals surface area contributed by atoms with E-state index in [1.165, 1.54) is 6.92 Å². The number of hydrogen-bond acceptors (Lipinski definition) is 3. The minimum Gasteiger partial charge on any atom is -0.480 e. The Hall–Kier alpha value is -1.75. The Morgan fingerprint density at radius 3 is 2.45 bits per heavy atom. The zero-order chi connectivity index (χ0) is 15.3. The summed E-state index contributed by atoms with van der Waals surface area (Å²) in [5.41, 5.74) is 0. The summed E-state index contributed by atoms with van der Waals surface area (Å²) in [4.78, 5) is 22.8. The summed E-state index contributed by atoms with van der Waals surface area (Å²) in [5, 5.41) is 11.7. The van der Waals surface area contributed by atoms with E-state index < -0.39 is 24.0 Å². The molecule has 2 N–H and O–H groups in total. The van der Waals surface area contributed by atoms with Crippen molar-refractivity contribution in [2.24, 2.45) is 5.92 Å². The Morgan fingerprint density at radius 2 is 1.95 bits per heavy atom. The first-order chi connectivity index (χ1) is 9.31. The first-order valence-corrected chi connectivity index (χ1v) is 6.64. The van der Waals surface area contributed by atoms with E-state index in [1.807, 2.05) is 13.8 Å². The van der Waals surface area contributed by atoms with Crippen LogP contribution in [-0.2, 0) is 9.59 Å². The Labute approximate surface area is 122 Å². The SMILES string of the molecule is CC(C)C(Oc1cccc(Cl)c1)C(=O)N[C@H](C)C(=O)O. The number of benzene rings is 1. The highest BCUT2D eigenvalue weighted by Crippen LogP contribution is 2.20. The van der Waals surface area contributed by atoms with Crippen LogP contribution in [0.1, 0.15) is 20.8 Å². The largest absolute Gasteiger partial charge is 0.480 e. The monoisotopic (exact) mass is 299 g/mol. The van der Waals surface area contributed by atoms with Gasteiger partial charge in [0.1, 0.15) is 11.8 Å². The molecule has 0 aromatic heterocycles. The smallest absolute Gasteiger partial charge is 0.325 e. The topological polar surface area (TPSA) is 75.6 Å². The fourth-order valence-corrected chi connectivity index (χ4v) is 1.72. The fraction of sp³-hybridized carbons (Fsp3) is 0.429. The molecule has 0 heterocycles. The van der Waals surface area contributed by atoms with E-state index in [0.29, 0.717) is 10.8 Å². The highest BCUT2D eigenvalue weighted by molar-refractivity contribution is 6.30. The quantitative estimate of drug-likeness (QED) is 0.845. The summed E-state index contributed by atoms with van der Waals surface area (Å²) < 4.78 is 5.61. The molecule has 0 radical (unpaired) electrons. The van der Waals surface area contributed by atoms with Crippen LogP contribution in [0.3, 0.4) is 0 Å². The molecule has 1 unspecified atom stereocenters. The van der Waals surface area contributed by atoms with Crippen LogP contribution < -0.4 is 10.1 Å². The van der Waals surface area contributed by atoms with Crippen molar-refractivity contribution in [3.8, 4) is 5.75 Å². The van der Waals surface area contributed by atoms with Gasteiger partial charge in [0, 0.05) is 5.02 Å². The molecule has 1 aromatic carbocycles. The molecule has 0 aliphatic rings. The number of halogens is 1. The maximum atomic E-state index is 12.1. The van der Waals surface area contributed by atoms with Crippen molar-refractivity contribution in [2.75, 3.05) is 0 Å². The number of ether oxygens (including phenoxy) is 1. The van der Waals surface area contributed by atoms with Gasteiger partial charge in [-0.25, -0.2) is 0 Å². The van der Waals surface area contributed by atoms with Crippen molar-refractivity contribution in [1.82, 2.24) is 5.32 Å². The van der Waals surface area contributed by atoms with Crippen LogP contribution in [0.5, 0.6) is 5.75 Å². The fourth-order valence-electron chi connectivity index (χ4n) is 1.54. The average Bonchev–Trinajstić information content (AvgIpc) is 2.35. The molecule has 1 amide bonds. The zero-order valence-electron chi connectivity index (χ0n) is 11.6. The zero-order valence-corrected chi connectivity index (χ0v) is 12.3. The van der Waals surface area contributed by atoms with Gasteiger partial charge in [0.2, 0.25) is 0 Å².